The molecule has 190 valence electrons. The Bertz CT molecular complexity index is 881. The van der Waals surface area contributed by atoms with E-state index in [4.69, 9.17) is 24.4 Å². The maximum absolute atomic E-state index is 12.5. The Kier molecular flexibility index (Phi) is 11.3. The van der Waals surface area contributed by atoms with Gasteiger partial charge in [0.05, 0.1) is 32.0 Å². The summed E-state index contributed by atoms with van der Waals surface area (Å²) in [5, 5.41) is 46.7. The van der Waals surface area contributed by atoms with Crippen molar-refractivity contribution in [1.29, 1.82) is 0 Å². The lowest BCUT2D eigenvalue weighted by Crippen LogP contribution is -2.26. The molecule has 34 heavy (non-hydrogen) atoms. The lowest BCUT2D eigenvalue weighted by Gasteiger charge is -2.19. The fourth-order valence-corrected chi connectivity index (χ4v) is 3.02. The van der Waals surface area contributed by atoms with E-state index >= 15 is 0 Å². The zero-order valence-corrected chi connectivity index (χ0v) is 19.1. The molecule has 1 aromatic carbocycles. The largest absolute Gasteiger partial charge is 0.508 e. The number of carbonyl (C=O) groups excluding carboxylic acids is 3. The fourth-order valence-electron chi connectivity index (χ4n) is 3.02. The van der Waals surface area contributed by atoms with Crippen LogP contribution in [0, 0.1) is 0 Å². The number of carbonyl (C=O) groups is 4. The number of aliphatic carboxylic acids is 1. The number of aliphatic hydroxyl groups excluding tert-OH is 2. The van der Waals surface area contributed by atoms with Gasteiger partial charge in [0.15, 0.2) is 0 Å². The zero-order chi connectivity index (χ0) is 26.0. The monoisotopic (exact) mass is 486 g/mol. The van der Waals surface area contributed by atoms with E-state index in [0.717, 1.165) is 6.07 Å². The predicted octanol–water partition coefficient (Wildman–Crippen LogP) is 0.657. The van der Waals surface area contributed by atoms with Gasteiger partial charge in [-0.15, -0.1) is 0 Å². The van der Waals surface area contributed by atoms with E-state index < -0.39 is 73.5 Å². The van der Waals surface area contributed by atoms with Crippen molar-refractivity contribution in [3.8, 4) is 11.5 Å². The van der Waals surface area contributed by atoms with Gasteiger partial charge in [0.2, 0.25) is 0 Å². The van der Waals surface area contributed by atoms with Crippen LogP contribution in [0.4, 0.5) is 0 Å². The van der Waals surface area contributed by atoms with Crippen LogP contribution in [-0.4, -0.2) is 80.4 Å². The molecular formula is C22H30O12. The summed E-state index contributed by atoms with van der Waals surface area (Å²) in [6.45, 7) is 3.69. The summed E-state index contributed by atoms with van der Waals surface area (Å²) in [7, 11) is 0. The van der Waals surface area contributed by atoms with E-state index in [-0.39, 0.29) is 29.7 Å². The number of aliphatic hydroxyl groups is 2. The lowest BCUT2D eigenvalue weighted by atomic mass is 10.00. The van der Waals surface area contributed by atoms with Crippen molar-refractivity contribution in [2.24, 2.45) is 0 Å². The molecule has 0 fully saturated rings. The number of phenols is 2. The molecule has 4 unspecified atom stereocenters. The predicted molar refractivity (Wildman–Crippen MR) is 114 cm³/mol. The average molecular weight is 486 g/mol. The molecule has 1 aromatic rings. The van der Waals surface area contributed by atoms with Gasteiger partial charge >= 0.3 is 23.9 Å². The number of hydrogen-bond acceptors (Lipinski definition) is 11. The number of esters is 3. The molecule has 0 saturated carbocycles. The van der Waals surface area contributed by atoms with Crippen LogP contribution in [0.25, 0.3) is 0 Å². The molecule has 0 saturated heterocycles. The second-order valence-electron chi connectivity index (χ2n) is 7.86. The molecular weight excluding hydrogens is 456 g/mol. The van der Waals surface area contributed by atoms with E-state index in [0.29, 0.717) is 0 Å². The highest BCUT2D eigenvalue weighted by molar-refractivity contribution is 5.94. The van der Waals surface area contributed by atoms with Gasteiger partial charge in [0.1, 0.15) is 35.4 Å². The van der Waals surface area contributed by atoms with Crippen molar-refractivity contribution < 1.29 is 58.9 Å². The maximum atomic E-state index is 12.5. The van der Waals surface area contributed by atoms with Crippen LogP contribution in [0.5, 0.6) is 11.5 Å². The number of hydrogen-bond donors (Lipinski definition) is 5. The highest BCUT2D eigenvalue weighted by Crippen LogP contribution is 2.30. The summed E-state index contributed by atoms with van der Waals surface area (Å²) in [5.41, 5.74) is -0.203. The van der Waals surface area contributed by atoms with Crippen LogP contribution in [-0.2, 0) is 35.0 Å². The Balaban J connectivity index is 2.79. The Hall–Kier alpha value is -3.38. The Morgan fingerprint density at radius 3 is 2.00 bits per heavy atom. The smallest absolute Gasteiger partial charge is 0.342 e. The molecule has 12 heteroatoms. The molecule has 0 aromatic heterocycles. The van der Waals surface area contributed by atoms with Gasteiger partial charge in [-0.3, -0.25) is 14.4 Å². The first-order valence-electron chi connectivity index (χ1n) is 10.5. The van der Waals surface area contributed by atoms with Crippen molar-refractivity contribution in [2.45, 2.75) is 70.9 Å². The number of phenolic OH excluding ortho intramolecular Hbond substituents is 2. The van der Waals surface area contributed by atoms with Gasteiger partial charge in [-0.05, 0) is 32.4 Å². The minimum atomic E-state index is -1.27. The normalized spacial score (nSPS) is 14.4. The van der Waals surface area contributed by atoms with Crippen LogP contribution in [0.2, 0.25) is 0 Å². The molecule has 0 aliphatic carbocycles. The summed E-state index contributed by atoms with van der Waals surface area (Å²) >= 11 is 0. The first-order chi connectivity index (χ1) is 15.8. The number of benzene rings is 1. The lowest BCUT2D eigenvalue weighted by molar-refractivity contribution is -0.157. The van der Waals surface area contributed by atoms with E-state index in [1.165, 1.54) is 26.8 Å². The number of carboxylic acids is 1. The molecule has 0 heterocycles. The highest BCUT2D eigenvalue weighted by Gasteiger charge is 2.25. The second kappa shape index (κ2) is 13.4. The van der Waals surface area contributed by atoms with Gasteiger partial charge < -0.3 is 39.7 Å². The third kappa shape index (κ3) is 10.0. The fraction of sp³-hybridized carbons (Fsp3) is 0.545. The van der Waals surface area contributed by atoms with E-state index in [1.807, 2.05) is 0 Å². The Morgan fingerprint density at radius 1 is 0.853 bits per heavy atom. The average Bonchev–Trinajstić information content (AvgIpc) is 2.65. The summed E-state index contributed by atoms with van der Waals surface area (Å²) in [6, 6.07) is 2.10. The number of carboxylic acid groups (broad SMARTS) is 1. The van der Waals surface area contributed by atoms with Crippen molar-refractivity contribution in [2.75, 3.05) is 6.61 Å². The van der Waals surface area contributed by atoms with Gasteiger partial charge in [-0.2, -0.15) is 0 Å². The Labute approximate surface area is 195 Å². The zero-order valence-electron chi connectivity index (χ0n) is 19.1. The Morgan fingerprint density at radius 2 is 1.41 bits per heavy atom. The standard InChI is InChI=1S/C22H30O12/c1-11(32-19(29)6-13(3)33-20(30)9-16(25)10-23)4-14-7-15(24)8-17(26)21(14)22(31)34-12(2)5-18(27)28/h7-8,11-13,16,23-26H,4-6,9-10H2,1-3H3,(H,27,28). The van der Waals surface area contributed by atoms with Gasteiger partial charge in [-0.25, -0.2) is 4.79 Å². The van der Waals surface area contributed by atoms with Crippen LogP contribution >= 0.6 is 0 Å². The molecule has 12 nitrogen and oxygen atoms in total. The van der Waals surface area contributed by atoms with Crippen LogP contribution < -0.4 is 0 Å². The molecule has 0 aliphatic rings. The molecule has 0 bridgehead atoms. The van der Waals surface area contributed by atoms with Gasteiger partial charge in [-0.1, -0.05) is 0 Å². The van der Waals surface area contributed by atoms with E-state index in [2.05, 4.69) is 0 Å². The van der Waals surface area contributed by atoms with Gasteiger partial charge in [0.25, 0.3) is 0 Å². The van der Waals surface area contributed by atoms with Crippen molar-refractivity contribution in [3.05, 3.63) is 23.3 Å². The SMILES string of the molecule is CC(CC(=O)OC(C)Cc1cc(O)cc(O)c1C(=O)OC(C)CC(=O)O)OC(=O)CC(O)CO. The third-order valence-electron chi connectivity index (χ3n) is 4.40. The number of rotatable bonds is 13. The molecule has 0 aliphatic heterocycles. The number of aromatic hydroxyl groups is 2. The highest BCUT2D eigenvalue weighted by atomic mass is 16.6. The molecule has 4 atom stereocenters. The van der Waals surface area contributed by atoms with E-state index in [1.54, 1.807) is 0 Å². The molecule has 0 spiro atoms. The minimum Gasteiger partial charge on any atom is -0.508 e. The topological polar surface area (TPSA) is 197 Å². The molecule has 1 rings (SSSR count). The summed E-state index contributed by atoms with van der Waals surface area (Å²) in [5.74, 6) is -4.67. The van der Waals surface area contributed by atoms with Crippen LogP contribution in [0.1, 0.15) is 56.0 Å². The van der Waals surface area contributed by atoms with E-state index in [9.17, 15) is 34.5 Å². The van der Waals surface area contributed by atoms with Crippen molar-refractivity contribution >= 4 is 23.9 Å². The summed E-state index contributed by atoms with van der Waals surface area (Å²) in [4.78, 5) is 47.0. The molecule has 0 amide bonds. The van der Waals surface area contributed by atoms with Crippen molar-refractivity contribution in [1.82, 2.24) is 0 Å². The van der Waals surface area contributed by atoms with Crippen LogP contribution in [0.15, 0.2) is 12.1 Å². The minimum absolute atomic E-state index is 0.0998. The third-order valence-corrected chi connectivity index (χ3v) is 4.40. The number of ether oxygens (including phenoxy) is 3. The van der Waals surface area contributed by atoms with Crippen LogP contribution in [0.3, 0.4) is 0 Å². The molecule has 5 N–H and O–H groups in total. The summed E-state index contributed by atoms with van der Waals surface area (Å²) < 4.78 is 15.2. The quantitative estimate of drug-likeness (QED) is 0.193. The van der Waals surface area contributed by atoms with Gasteiger partial charge in [0, 0.05) is 12.5 Å². The molecule has 0 radical (unpaired) electrons. The van der Waals surface area contributed by atoms with Crippen molar-refractivity contribution in [3.63, 3.8) is 0 Å². The maximum Gasteiger partial charge on any atom is 0.342 e. The first kappa shape index (κ1) is 28.7. The first-order valence-corrected chi connectivity index (χ1v) is 10.5. The summed E-state index contributed by atoms with van der Waals surface area (Å²) in [6.07, 6.45) is -5.25. The second-order valence-corrected chi connectivity index (χ2v) is 7.86.